The van der Waals surface area contributed by atoms with Gasteiger partial charge in [0.25, 0.3) is 0 Å². The standard InChI is InChI=1S/C25H22N4O4S2/c1-14-19(26-24(32)33-15(2)16-6-4-3-5-7-16)20(35-29-14)17-8-10-18(11-9-17)21-27-28-22(34-21)25(12-13-25)23(30)31/h3-11,15H,12-13H2,1-2H3,(H,26,32)(H,30,31)/t15-/m1/s1. The predicted octanol–water partition coefficient (Wildman–Crippen LogP) is 6.06. The summed E-state index contributed by atoms with van der Waals surface area (Å²) in [5, 5.41) is 21.9. The first-order chi connectivity index (χ1) is 16.9. The van der Waals surface area contributed by atoms with Gasteiger partial charge in [-0.3, -0.25) is 10.1 Å². The Hall–Kier alpha value is -3.63. The van der Waals surface area contributed by atoms with E-state index in [1.807, 2.05) is 68.4 Å². The van der Waals surface area contributed by atoms with E-state index in [1.165, 1.54) is 22.9 Å². The van der Waals surface area contributed by atoms with Gasteiger partial charge in [0.2, 0.25) is 0 Å². The molecule has 5 rings (SSSR count). The highest BCUT2D eigenvalue weighted by molar-refractivity contribution is 7.15. The van der Waals surface area contributed by atoms with Crippen LogP contribution in [-0.4, -0.2) is 31.7 Å². The summed E-state index contributed by atoms with van der Waals surface area (Å²) < 4.78 is 9.97. The van der Waals surface area contributed by atoms with Crippen LogP contribution in [0.4, 0.5) is 10.5 Å². The Morgan fingerprint density at radius 2 is 1.74 bits per heavy atom. The third-order valence-electron chi connectivity index (χ3n) is 6.03. The summed E-state index contributed by atoms with van der Waals surface area (Å²) in [6.07, 6.45) is 0.265. The molecule has 2 heterocycles. The lowest BCUT2D eigenvalue weighted by Gasteiger charge is -2.14. The van der Waals surface area contributed by atoms with E-state index in [2.05, 4.69) is 19.9 Å². The van der Waals surface area contributed by atoms with Crippen LogP contribution in [0.1, 0.15) is 42.1 Å². The Kier molecular flexibility index (Phi) is 6.08. The van der Waals surface area contributed by atoms with Gasteiger partial charge in [0, 0.05) is 5.56 Å². The molecule has 2 N–H and O–H groups in total. The summed E-state index contributed by atoms with van der Waals surface area (Å²) in [5.41, 5.74) is 3.11. The zero-order chi connectivity index (χ0) is 24.6. The van der Waals surface area contributed by atoms with Gasteiger partial charge in [-0.05, 0) is 49.3 Å². The average molecular weight is 507 g/mol. The van der Waals surface area contributed by atoms with Crippen molar-refractivity contribution in [2.45, 2.75) is 38.2 Å². The van der Waals surface area contributed by atoms with Crippen molar-refractivity contribution < 1.29 is 19.4 Å². The van der Waals surface area contributed by atoms with Crippen LogP contribution in [0.5, 0.6) is 0 Å². The first-order valence-electron chi connectivity index (χ1n) is 11.0. The number of carbonyl (C=O) groups is 2. The molecule has 35 heavy (non-hydrogen) atoms. The molecule has 0 bridgehead atoms. The molecule has 10 heteroatoms. The highest BCUT2D eigenvalue weighted by atomic mass is 32.1. The van der Waals surface area contributed by atoms with Crippen molar-refractivity contribution in [3.05, 3.63) is 70.9 Å². The van der Waals surface area contributed by atoms with Crippen LogP contribution < -0.4 is 5.32 Å². The van der Waals surface area contributed by atoms with E-state index in [0.29, 0.717) is 34.2 Å². The molecule has 1 amide bonds. The van der Waals surface area contributed by atoms with Gasteiger partial charge in [-0.1, -0.05) is 65.9 Å². The minimum Gasteiger partial charge on any atom is -0.481 e. The Morgan fingerprint density at radius 1 is 1.06 bits per heavy atom. The molecule has 0 saturated heterocycles. The number of ether oxygens (including phenoxy) is 1. The average Bonchev–Trinajstić information content (AvgIpc) is 3.40. The first kappa shape index (κ1) is 23.1. The molecule has 1 aliphatic carbocycles. The maximum atomic E-state index is 12.6. The van der Waals surface area contributed by atoms with Gasteiger partial charge < -0.3 is 9.84 Å². The van der Waals surface area contributed by atoms with Gasteiger partial charge in [0.15, 0.2) is 0 Å². The van der Waals surface area contributed by atoms with Crippen LogP contribution in [0.25, 0.3) is 21.0 Å². The van der Waals surface area contributed by atoms with Crippen LogP contribution >= 0.6 is 22.9 Å². The monoisotopic (exact) mass is 506 g/mol. The Morgan fingerprint density at radius 3 is 2.40 bits per heavy atom. The quantitative estimate of drug-likeness (QED) is 0.313. The first-order valence-corrected chi connectivity index (χ1v) is 12.6. The van der Waals surface area contributed by atoms with E-state index >= 15 is 0 Å². The number of aliphatic carboxylic acids is 1. The fourth-order valence-corrected chi connectivity index (χ4v) is 5.68. The summed E-state index contributed by atoms with van der Waals surface area (Å²) in [7, 11) is 0. The molecule has 1 aliphatic rings. The zero-order valence-electron chi connectivity index (χ0n) is 19.0. The summed E-state index contributed by atoms with van der Waals surface area (Å²) in [6, 6.07) is 17.2. The topological polar surface area (TPSA) is 114 Å². The highest BCUT2D eigenvalue weighted by Gasteiger charge is 2.54. The second-order valence-corrected chi connectivity index (χ2v) is 10.2. The van der Waals surface area contributed by atoms with E-state index in [-0.39, 0.29) is 0 Å². The number of nitrogens with zero attached hydrogens (tertiary/aromatic N) is 3. The summed E-state index contributed by atoms with van der Waals surface area (Å²) in [5.74, 6) is -0.840. The molecule has 8 nitrogen and oxygen atoms in total. The molecule has 0 radical (unpaired) electrons. The molecule has 178 valence electrons. The van der Waals surface area contributed by atoms with Gasteiger partial charge in [-0.25, -0.2) is 4.79 Å². The number of aromatic nitrogens is 3. The zero-order valence-corrected chi connectivity index (χ0v) is 20.7. The molecule has 4 aromatic rings. The highest BCUT2D eigenvalue weighted by Crippen LogP contribution is 2.50. The molecule has 1 fully saturated rings. The maximum absolute atomic E-state index is 12.6. The molecule has 0 aliphatic heterocycles. The van der Waals surface area contributed by atoms with E-state index in [9.17, 15) is 14.7 Å². The van der Waals surface area contributed by atoms with E-state index in [4.69, 9.17) is 4.74 Å². The van der Waals surface area contributed by atoms with Crippen molar-refractivity contribution in [3.8, 4) is 21.0 Å². The van der Waals surface area contributed by atoms with Crippen molar-refractivity contribution >= 4 is 40.6 Å². The summed E-state index contributed by atoms with van der Waals surface area (Å²) in [4.78, 5) is 25.0. The number of carboxylic acid groups (broad SMARTS) is 1. The Labute approximate surface area is 209 Å². The number of amides is 1. The van der Waals surface area contributed by atoms with Crippen molar-refractivity contribution in [1.82, 2.24) is 14.6 Å². The second-order valence-electron chi connectivity index (χ2n) is 8.43. The van der Waals surface area contributed by atoms with Gasteiger partial charge in [-0.15, -0.1) is 10.2 Å². The number of aryl methyl sites for hydroxylation is 1. The number of rotatable bonds is 7. The van der Waals surface area contributed by atoms with Crippen LogP contribution in [0, 0.1) is 6.92 Å². The number of carbonyl (C=O) groups excluding carboxylic acids is 1. The van der Waals surface area contributed by atoms with Gasteiger partial charge >= 0.3 is 12.1 Å². The molecule has 1 atom stereocenters. The number of hydrogen-bond acceptors (Lipinski definition) is 8. The van der Waals surface area contributed by atoms with Crippen molar-refractivity contribution in [2.75, 3.05) is 5.32 Å². The number of benzene rings is 2. The van der Waals surface area contributed by atoms with Crippen molar-refractivity contribution in [3.63, 3.8) is 0 Å². The number of carboxylic acids is 1. The lowest BCUT2D eigenvalue weighted by molar-refractivity contribution is -0.140. The van der Waals surface area contributed by atoms with Crippen molar-refractivity contribution in [1.29, 1.82) is 0 Å². The van der Waals surface area contributed by atoms with E-state index in [0.717, 1.165) is 21.6 Å². The molecule has 0 spiro atoms. The molecule has 1 saturated carbocycles. The molecule has 2 aromatic carbocycles. The fraction of sp³-hybridized carbons (Fsp3) is 0.240. The number of anilines is 1. The maximum Gasteiger partial charge on any atom is 0.412 e. The molecular weight excluding hydrogens is 484 g/mol. The lowest BCUT2D eigenvalue weighted by atomic mass is 10.1. The molecule has 2 aromatic heterocycles. The lowest BCUT2D eigenvalue weighted by Crippen LogP contribution is -2.19. The third kappa shape index (κ3) is 4.54. The summed E-state index contributed by atoms with van der Waals surface area (Å²) in [6.45, 7) is 3.66. The second kappa shape index (κ2) is 9.20. The predicted molar refractivity (Wildman–Crippen MR) is 135 cm³/mol. The SMILES string of the molecule is Cc1nsc(-c2ccc(-c3nnc(C4(C(=O)O)CC4)s3)cc2)c1NC(=O)O[C@H](C)c1ccccc1. The van der Waals surface area contributed by atoms with Gasteiger partial charge in [0.1, 0.15) is 21.5 Å². The van der Waals surface area contributed by atoms with E-state index < -0.39 is 23.6 Å². The molecule has 0 unspecified atom stereocenters. The number of nitrogens with one attached hydrogen (secondary N) is 1. The van der Waals surface area contributed by atoms with Crippen molar-refractivity contribution in [2.24, 2.45) is 0 Å². The van der Waals surface area contributed by atoms with Gasteiger partial charge in [0.05, 0.1) is 16.3 Å². The van der Waals surface area contributed by atoms with Gasteiger partial charge in [-0.2, -0.15) is 4.37 Å². The summed E-state index contributed by atoms with van der Waals surface area (Å²) >= 11 is 2.61. The third-order valence-corrected chi connectivity index (χ3v) is 8.19. The van der Waals surface area contributed by atoms with Crippen LogP contribution in [0.2, 0.25) is 0 Å². The minimum atomic E-state index is -0.858. The van der Waals surface area contributed by atoms with E-state index in [1.54, 1.807) is 0 Å². The van der Waals surface area contributed by atoms with Crippen LogP contribution in [0.15, 0.2) is 54.6 Å². The number of hydrogen-bond donors (Lipinski definition) is 2. The minimum absolute atomic E-state index is 0.390. The normalized spacial score (nSPS) is 14.8. The molecular formula is C25H22N4O4S2. The smallest absolute Gasteiger partial charge is 0.412 e. The fourth-order valence-electron chi connectivity index (χ4n) is 3.74. The Bertz CT molecular complexity index is 1380. The van der Waals surface area contributed by atoms with Crippen LogP contribution in [0.3, 0.4) is 0 Å². The Balaban J connectivity index is 1.31. The largest absolute Gasteiger partial charge is 0.481 e. The van der Waals surface area contributed by atoms with Crippen LogP contribution in [-0.2, 0) is 14.9 Å².